The highest BCUT2D eigenvalue weighted by atomic mass is 79.9. The number of hydrogen-bond donors (Lipinski definition) is 0. The maximum absolute atomic E-state index is 10.6. The van der Waals surface area contributed by atoms with Gasteiger partial charge in [-0.05, 0) is 12.1 Å². The summed E-state index contributed by atoms with van der Waals surface area (Å²) in [5, 5.41) is 11.6. The van der Waals surface area contributed by atoms with Crippen LogP contribution in [-0.4, -0.2) is 47.9 Å². The van der Waals surface area contributed by atoms with Crippen LogP contribution in [0.4, 0.5) is 11.4 Å². The lowest BCUT2D eigenvalue weighted by Crippen LogP contribution is -2.46. The highest BCUT2D eigenvalue weighted by Gasteiger charge is 2.17. The lowest BCUT2D eigenvalue weighted by molar-refractivity contribution is -0.384. The summed E-state index contributed by atoms with van der Waals surface area (Å²) in [7, 11) is 0. The van der Waals surface area contributed by atoms with E-state index in [1.165, 1.54) is 0 Å². The molecular weight excluding hydrogens is 298 g/mol. The SMILES string of the molecule is O=[N+]([O-])c1ccc(N2CCN(CCBr)CC2)cc1. The van der Waals surface area contributed by atoms with Gasteiger partial charge >= 0.3 is 0 Å². The van der Waals surface area contributed by atoms with Crippen LogP contribution in [0.2, 0.25) is 0 Å². The lowest BCUT2D eigenvalue weighted by Gasteiger charge is -2.35. The normalized spacial score (nSPS) is 16.8. The molecule has 98 valence electrons. The molecule has 6 heteroatoms. The van der Waals surface area contributed by atoms with Crippen LogP contribution >= 0.6 is 15.9 Å². The highest BCUT2D eigenvalue weighted by Crippen LogP contribution is 2.20. The minimum atomic E-state index is -0.363. The van der Waals surface area contributed by atoms with Gasteiger partial charge in [0.25, 0.3) is 5.69 Å². The number of piperazine rings is 1. The van der Waals surface area contributed by atoms with E-state index in [0.29, 0.717) is 0 Å². The number of nitrogens with zero attached hydrogens (tertiary/aromatic N) is 3. The van der Waals surface area contributed by atoms with Crippen molar-refractivity contribution in [3.8, 4) is 0 Å². The zero-order chi connectivity index (χ0) is 13.0. The third-order valence-electron chi connectivity index (χ3n) is 3.20. The Morgan fingerprint density at radius 2 is 1.78 bits per heavy atom. The molecule has 1 fully saturated rings. The van der Waals surface area contributed by atoms with E-state index in [9.17, 15) is 10.1 Å². The van der Waals surface area contributed by atoms with Crippen LogP contribution < -0.4 is 4.90 Å². The summed E-state index contributed by atoms with van der Waals surface area (Å²) in [5.74, 6) is 0. The van der Waals surface area contributed by atoms with E-state index in [-0.39, 0.29) is 10.6 Å². The molecule has 0 spiro atoms. The summed E-state index contributed by atoms with van der Waals surface area (Å²) < 4.78 is 0. The monoisotopic (exact) mass is 313 g/mol. The highest BCUT2D eigenvalue weighted by molar-refractivity contribution is 9.09. The van der Waals surface area contributed by atoms with E-state index in [1.807, 2.05) is 12.1 Å². The summed E-state index contributed by atoms with van der Waals surface area (Å²) >= 11 is 3.45. The quantitative estimate of drug-likeness (QED) is 0.485. The number of rotatable bonds is 4. The van der Waals surface area contributed by atoms with E-state index in [0.717, 1.165) is 43.7 Å². The number of nitro benzene ring substituents is 1. The Balaban J connectivity index is 1.95. The van der Waals surface area contributed by atoms with Crippen LogP contribution in [-0.2, 0) is 0 Å². The predicted octanol–water partition coefficient (Wildman–Crippen LogP) is 2.11. The molecule has 0 saturated carbocycles. The van der Waals surface area contributed by atoms with E-state index in [2.05, 4.69) is 25.7 Å². The number of non-ortho nitro benzene ring substituents is 1. The minimum absolute atomic E-state index is 0.150. The molecule has 18 heavy (non-hydrogen) atoms. The van der Waals surface area contributed by atoms with Crippen molar-refractivity contribution >= 4 is 27.3 Å². The molecule has 0 N–H and O–H groups in total. The average molecular weight is 314 g/mol. The van der Waals surface area contributed by atoms with Gasteiger partial charge in [-0.1, -0.05) is 15.9 Å². The van der Waals surface area contributed by atoms with Crippen LogP contribution in [0.25, 0.3) is 0 Å². The molecule has 0 amide bonds. The molecule has 1 aromatic carbocycles. The first-order valence-corrected chi connectivity index (χ1v) is 7.10. The summed E-state index contributed by atoms with van der Waals surface area (Å²) in [6.07, 6.45) is 0. The molecule has 1 heterocycles. The number of nitro groups is 1. The predicted molar refractivity (Wildman–Crippen MR) is 75.5 cm³/mol. The van der Waals surface area contributed by atoms with Gasteiger partial charge < -0.3 is 4.90 Å². The number of anilines is 1. The van der Waals surface area contributed by atoms with E-state index in [1.54, 1.807) is 12.1 Å². The molecule has 0 aliphatic carbocycles. The van der Waals surface area contributed by atoms with Gasteiger partial charge in [-0.25, -0.2) is 0 Å². The second kappa shape index (κ2) is 6.15. The van der Waals surface area contributed by atoms with Crippen LogP contribution in [0.5, 0.6) is 0 Å². The van der Waals surface area contributed by atoms with Crippen molar-refractivity contribution in [3.05, 3.63) is 34.4 Å². The maximum Gasteiger partial charge on any atom is 0.269 e. The summed E-state index contributed by atoms with van der Waals surface area (Å²) in [6.45, 7) is 5.12. The fourth-order valence-electron chi connectivity index (χ4n) is 2.13. The first kappa shape index (κ1) is 13.3. The summed E-state index contributed by atoms with van der Waals surface area (Å²) in [5.41, 5.74) is 1.22. The molecule has 5 nitrogen and oxygen atoms in total. The van der Waals surface area contributed by atoms with Crippen molar-refractivity contribution in [2.24, 2.45) is 0 Å². The van der Waals surface area contributed by atoms with Gasteiger partial charge in [-0.3, -0.25) is 15.0 Å². The van der Waals surface area contributed by atoms with Gasteiger partial charge in [-0.15, -0.1) is 0 Å². The molecule has 1 aromatic rings. The van der Waals surface area contributed by atoms with Crippen molar-refractivity contribution in [3.63, 3.8) is 0 Å². The first-order chi connectivity index (χ1) is 8.70. The van der Waals surface area contributed by atoms with Crippen molar-refractivity contribution in [1.82, 2.24) is 4.90 Å². The molecule has 0 bridgehead atoms. The van der Waals surface area contributed by atoms with Crippen molar-refractivity contribution < 1.29 is 4.92 Å². The fraction of sp³-hybridized carbons (Fsp3) is 0.500. The molecular formula is C12H16BrN3O2. The number of halogens is 1. The van der Waals surface area contributed by atoms with Crippen LogP contribution in [0, 0.1) is 10.1 Å². The molecule has 0 unspecified atom stereocenters. The smallest absolute Gasteiger partial charge is 0.269 e. The Labute approximate surface area is 115 Å². The zero-order valence-corrected chi connectivity index (χ0v) is 11.7. The van der Waals surface area contributed by atoms with Gasteiger partial charge in [0.15, 0.2) is 0 Å². The third-order valence-corrected chi connectivity index (χ3v) is 3.55. The lowest BCUT2D eigenvalue weighted by atomic mass is 10.2. The van der Waals surface area contributed by atoms with E-state index in [4.69, 9.17) is 0 Å². The standard InChI is InChI=1S/C12H16BrN3O2/c13-5-6-14-7-9-15(10-8-14)11-1-3-12(4-2-11)16(17)18/h1-4H,5-10H2. The molecule has 1 saturated heterocycles. The van der Waals surface area contributed by atoms with Crippen molar-refractivity contribution in [1.29, 1.82) is 0 Å². The van der Waals surface area contributed by atoms with Crippen LogP contribution in [0.15, 0.2) is 24.3 Å². The fourth-order valence-corrected chi connectivity index (χ4v) is 2.64. The third kappa shape index (κ3) is 3.20. The Morgan fingerprint density at radius 1 is 1.17 bits per heavy atom. The minimum Gasteiger partial charge on any atom is -0.369 e. The van der Waals surface area contributed by atoms with Gasteiger partial charge in [0.05, 0.1) is 4.92 Å². The summed E-state index contributed by atoms with van der Waals surface area (Å²) in [4.78, 5) is 14.9. The molecule has 0 radical (unpaired) electrons. The molecule has 2 rings (SSSR count). The number of alkyl halides is 1. The second-order valence-corrected chi connectivity index (χ2v) is 5.08. The number of hydrogen-bond acceptors (Lipinski definition) is 4. The van der Waals surface area contributed by atoms with Crippen molar-refractivity contribution in [2.45, 2.75) is 0 Å². The van der Waals surface area contributed by atoms with Gasteiger partial charge in [-0.2, -0.15) is 0 Å². The largest absolute Gasteiger partial charge is 0.369 e. The maximum atomic E-state index is 10.6. The molecule has 1 aliphatic rings. The number of benzene rings is 1. The zero-order valence-electron chi connectivity index (χ0n) is 10.1. The van der Waals surface area contributed by atoms with Crippen LogP contribution in [0.1, 0.15) is 0 Å². The average Bonchev–Trinajstić information content (AvgIpc) is 2.40. The van der Waals surface area contributed by atoms with Crippen molar-refractivity contribution in [2.75, 3.05) is 43.0 Å². The Morgan fingerprint density at radius 3 is 2.28 bits per heavy atom. The molecule has 1 aliphatic heterocycles. The molecule has 0 atom stereocenters. The van der Waals surface area contributed by atoms with Gasteiger partial charge in [0.1, 0.15) is 0 Å². The summed E-state index contributed by atoms with van der Waals surface area (Å²) in [6, 6.07) is 6.80. The Kier molecular flexibility index (Phi) is 4.54. The van der Waals surface area contributed by atoms with Crippen LogP contribution in [0.3, 0.4) is 0 Å². The van der Waals surface area contributed by atoms with Gasteiger partial charge in [0, 0.05) is 55.9 Å². The first-order valence-electron chi connectivity index (χ1n) is 5.98. The Bertz CT molecular complexity index is 402. The van der Waals surface area contributed by atoms with E-state index >= 15 is 0 Å². The second-order valence-electron chi connectivity index (χ2n) is 4.29. The topological polar surface area (TPSA) is 49.6 Å². The molecule has 0 aromatic heterocycles. The Hall–Kier alpha value is -1.14. The van der Waals surface area contributed by atoms with E-state index < -0.39 is 0 Å². The van der Waals surface area contributed by atoms with Gasteiger partial charge in [0.2, 0.25) is 0 Å².